The molecule has 0 aliphatic heterocycles. The van der Waals surface area contributed by atoms with Crippen LogP contribution in [0.25, 0.3) is 10.8 Å². The molecule has 0 saturated carbocycles. The summed E-state index contributed by atoms with van der Waals surface area (Å²) in [6.07, 6.45) is 2.04. The van der Waals surface area contributed by atoms with E-state index in [1.165, 1.54) is 5.56 Å². The number of hydrogen-bond donors (Lipinski definition) is 2. The fourth-order valence-corrected chi connectivity index (χ4v) is 2.66. The molecule has 0 atom stereocenters. The van der Waals surface area contributed by atoms with Gasteiger partial charge in [-0.15, -0.1) is 0 Å². The van der Waals surface area contributed by atoms with Crippen molar-refractivity contribution in [3.05, 3.63) is 35.4 Å². The lowest BCUT2D eigenvalue weighted by Crippen LogP contribution is -2.17. The van der Waals surface area contributed by atoms with E-state index in [-0.39, 0.29) is 10.8 Å². The number of phenolic OH excluding ortho intramolecular Hbond substituents is 1. The minimum absolute atomic E-state index is 0.0273. The van der Waals surface area contributed by atoms with Gasteiger partial charge in [-0.1, -0.05) is 41.5 Å². The van der Waals surface area contributed by atoms with E-state index < -0.39 is 0 Å². The van der Waals surface area contributed by atoms with Gasteiger partial charge in [-0.25, -0.2) is 0 Å². The highest BCUT2D eigenvalue weighted by Crippen LogP contribution is 2.39. The molecule has 0 aliphatic rings. The lowest BCUT2D eigenvalue weighted by Gasteiger charge is -2.27. The standard InChI is InChI=1S/C20H29NO/c1-7-19(3,4)13-10-16-15(17(21)11-13)9-14(12-18(16)22)20(5,6)8-2/h9-12,22H,7-8,21H2,1-6H3. The molecule has 22 heavy (non-hydrogen) atoms. The monoisotopic (exact) mass is 299 g/mol. The van der Waals surface area contributed by atoms with Gasteiger partial charge in [-0.3, -0.25) is 0 Å². The van der Waals surface area contributed by atoms with Crippen molar-refractivity contribution in [1.29, 1.82) is 0 Å². The van der Waals surface area contributed by atoms with Crippen LogP contribution in [0.15, 0.2) is 24.3 Å². The summed E-state index contributed by atoms with van der Waals surface area (Å²) < 4.78 is 0. The zero-order valence-electron chi connectivity index (χ0n) is 14.7. The Balaban J connectivity index is 2.73. The Hall–Kier alpha value is -1.70. The van der Waals surface area contributed by atoms with Crippen molar-refractivity contribution in [3.63, 3.8) is 0 Å². The van der Waals surface area contributed by atoms with Gasteiger partial charge in [0.1, 0.15) is 5.75 Å². The maximum Gasteiger partial charge on any atom is 0.123 e. The van der Waals surface area contributed by atoms with Crippen LogP contribution in [-0.2, 0) is 10.8 Å². The van der Waals surface area contributed by atoms with Gasteiger partial charge in [0, 0.05) is 16.5 Å². The van der Waals surface area contributed by atoms with Crippen molar-refractivity contribution in [1.82, 2.24) is 0 Å². The van der Waals surface area contributed by atoms with Crippen LogP contribution in [0.4, 0.5) is 5.69 Å². The average molecular weight is 299 g/mol. The van der Waals surface area contributed by atoms with Crippen LogP contribution in [0.5, 0.6) is 5.75 Å². The molecule has 0 heterocycles. The summed E-state index contributed by atoms with van der Waals surface area (Å²) in [5.74, 6) is 0.328. The molecule has 0 unspecified atom stereocenters. The highest BCUT2D eigenvalue weighted by atomic mass is 16.3. The van der Waals surface area contributed by atoms with Crippen LogP contribution in [0.2, 0.25) is 0 Å². The molecule has 0 radical (unpaired) electrons. The lowest BCUT2D eigenvalue weighted by molar-refractivity contribution is 0.469. The number of rotatable bonds is 4. The summed E-state index contributed by atoms with van der Waals surface area (Å²) in [6, 6.07) is 8.19. The van der Waals surface area contributed by atoms with E-state index in [1.54, 1.807) is 0 Å². The first-order chi connectivity index (χ1) is 10.1. The largest absolute Gasteiger partial charge is 0.507 e. The number of nitrogen functional groups attached to an aromatic ring is 1. The number of hydrogen-bond acceptors (Lipinski definition) is 2. The second kappa shape index (κ2) is 5.49. The molecular formula is C20H29NO. The molecule has 0 aromatic heterocycles. The van der Waals surface area contributed by atoms with Gasteiger partial charge >= 0.3 is 0 Å². The van der Waals surface area contributed by atoms with Crippen LogP contribution in [0.3, 0.4) is 0 Å². The maximum atomic E-state index is 10.5. The molecular weight excluding hydrogens is 270 g/mol. The smallest absolute Gasteiger partial charge is 0.123 e. The van der Waals surface area contributed by atoms with Crippen molar-refractivity contribution >= 4 is 16.5 Å². The molecule has 2 rings (SSSR count). The third-order valence-electron chi connectivity index (χ3n) is 5.41. The molecule has 0 spiro atoms. The second-order valence-corrected chi connectivity index (χ2v) is 7.63. The number of benzene rings is 2. The summed E-state index contributed by atoms with van der Waals surface area (Å²) in [4.78, 5) is 0. The van der Waals surface area contributed by atoms with Crippen molar-refractivity contribution in [2.45, 2.75) is 65.2 Å². The molecule has 0 amide bonds. The quantitative estimate of drug-likeness (QED) is 0.732. The molecule has 0 saturated heterocycles. The fourth-order valence-electron chi connectivity index (χ4n) is 2.66. The van der Waals surface area contributed by atoms with E-state index in [9.17, 15) is 5.11 Å². The number of fused-ring (bicyclic) bond motifs is 1. The van der Waals surface area contributed by atoms with Crippen LogP contribution >= 0.6 is 0 Å². The molecule has 2 aromatic carbocycles. The van der Waals surface area contributed by atoms with Gasteiger partial charge in [0.15, 0.2) is 0 Å². The van der Waals surface area contributed by atoms with Gasteiger partial charge in [-0.05, 0) is 59.1 Å². The van der Waals surface area contributed by atoms with Gasteiger partial charge in [0.25, 0.3) is 0 Å². The Morgan fingerprint density at radius 3 is 1.77 bits per heavy atom. The van der Waals surface area contributed by atoms with E-state index in [0.717, 1.165) is 34.9 Å². The predicted octanol–water partition coefficient (Wildman–Crippen LogP) is 5.50. The molecule has 0 bridgehead atoms. The van der Waals surface area contributed by atoms with Crippen molar-refractivity contribution < 1.29 is 5.11 Å². The Bertz CT molecular complexity index is 637. The molecule has 2 heteroatoms. The SMILES string of the molecule is CCC(C)(C)c1cc(O)c2cc(C(C)(C)CC)cc(N)c2c1. The van der Waals surface area contributed by atoms with Gasteiger partial charge in [0.2, 0.25) is 0 Å². The van der Waals surface area contributed by atoms with Crippen LogP contribution in [0.1, 0.15) is 65.5 Å². The fraction of sp³-hybridized carbons (Fsp3) is 0.500. The van der Waals surface area contributed by atoms with Crippen LogP contribution < -0.4 is 5.73 Å². The van der Waals surface area contributed by atoms with Crippen molar-refractivity contribution in [3.8, 4) is 5.75 Å². The Morgan fingerprint density at radius 2 is 1.27 bits per heavy atom. The first kappa shape index (κ1) is 16.7. The lowest BCUT2D eigenvalue weighted by atomic mass is 9.79. The van der Waals surface area contributed by atoms with Crippen LogP contribution in [0, 0.1) is 0 Å². The Labute approximate surface area is 134 Å². The first-order valence-corrected chi connectivity index (χ1v) is 8.19. The summed E-state index contributed by atoms with van der Waals surface area (Å²) in [5.41, 5.74) is 9.46. The van der Waals surface area contributed by atoms with Crippen molar-refractivity contribution in [2.75, 3.05) is 5.73 Å². The maximum absolute atomic E-state index is 10.5. The van der Waals surface area contributed by atoms with Crippen molar-refractivity contribution in [2.24, 2.45) is 0 Å². The third kappa shape index (κ3) is 2.79. The van der Waals surface area contributed by atoms with E-state index in [2.05, 4.69) is 59.7 Å². The topological polar surface area (TPSA) is 46.2 Å². The average Bonchev–Trinajstić information content (AvgIpc) is 2.47. The highest BCUT2D eigenvalue weighted by molar-refractivity contribution is 5.98. The number of nitrogens with two attached hydrogens (primary N) is 1. The number of phenols is 1. The molecule has 120 valence electrons. The molecule has 2 nitrogen and oxygen atoms in total. The number of anilines is 1. The minimum atomic E-state index is 0.0273. The first-order valence-electron chi connectivity index (χ1n) is 8.19. The van der Waals surface area contributed by atoms with E-state index in [0.29, 0.717) is 5.75 Å². The second-order valence-electron chi connectivity index (χ2n) is 7.63. The number of aromatic hydroxyl groups is 1. The Morgan fingerprint density at radius 1 is 0.818 bits per heavy atom. The summed E-state index contributed by atoms with van der Waals surface area (Å²) >= 11 is 0. The predicted molar refractivity (Wildman–Crippen MR) is 96.7 cm³/mol. The summed E-state index contributed by atoms with van der Waals surface area (Å²) in [6.45, 7) is 13.1. The van der Waals surface area contributed by atoms with E-state index in [1.807, 2.05) is 6.07 Å². The third-order valence-corrected chi connectivity index (χ3v) is 5.41. The normalized spacial score (nSPS) is 12.8. The zero-order chi connectivity index (χ0) is 16.7. The van der Waals surface area contributed by atoms with Crippen LogP contribution in [-0.4, -0.2) is 5.11 Å². The van der Waals surface area contributed by atoms with E-state index >= 15 is 0 Å². The zero-order valence-corrected chi connectivity index (χ0v) is 14.7. The van der Waals surface area contributed by atoms with Gasteiger partial charge in [0.05, 0.1) is 0 Å². The minimum Gasteiger partial charge on any atom is -0.507 e. The molecule has 0 aliphatic carbocycles. The Kier molecular flexibility index (Phi) is 4.16. The van der Waals surface area contributed by atoms with Gasteiger partial charge < -0.3 is 10.8 Å². The summed E-state index contributed by atoms with van der Waals surface area (Å²) in [7, 11) is 0. The van der Waals surface area contributed by atoms with Gasteiger partial charge in [-0.2, -0.15) is 0 Å². The summed E-state index contributed by atoms with van der Waals surface area (Å²) in [5, 5.41) is 12.3. The molecule has 0 fully saturated rings. The molecule has 3 N–H and O–H groups in total. The van der Waals surface area contributed by atoms with E-state index in [4.69, 9.17) is 5.73 Å². The highest BCUT2D eigenvalue weighted by Gasteiger charge is 2.23. The molecule has 2 aromatic rings.